The van der Waals surface area contributed by atoms with Crippen LogP contribution in [0.4, 0.5) is 0 Å². The van der Waals surface area contributed by atoms with Gasteiger partial charge in [-0.3, -0.25) is 0 Å². The van der Waals surface area contributed by atoms with Crippen molar-refractivity contribution >= 4 is 25.8 Å². The van der Waals surface area contributed by atoms with E-state index < -0.39 is 9.84 Å². The molecule has 5 heteroatoms. The third-order valence-electron chi connectivity index (χ3n) is 3.33. The lowest BCUT2D eigenvalue weighted by atomic mass is 10.0. The summed E-state index contributed by atoms with van der Waals surface area (Å²) in [4.78, 5) is 4.67. The van der Waals surface area contributed by atoms with E-state index in [1.165, 1.54) is 25.5 Å². The van der Waals surface area contributed by atoms with Crippen molar-refractivity contribution in [1.82, 2.24) is 4.98 Å². The summed E-state index contributed by atoms with van der Waals surface area (Å²) < 4.78 is 24.1. The number of rotatable bonds is 6. The van der Waals surface area contributed by atoms with Crippen LogP contribution >= 0.6 is 15.9 Å². The first-order chi connectivity index (χ1) is 8.79. The third kappa shape index (κ3) is 4.28. The third-order valence-corrected chi connectivity index (χ3v) is 5.41. The van der Waals surface area contributed by atoms with E-state index in [9.17, 15) is 8.42 Å². The molecule has 108 valence electrons. The molecule has 0 aromatic carbocycles. The molecule has 0 atom stereocenters. The molecule has 0 amide bonds. The highest BCUT2D eigenvalue weighted by Gasteiger charge is 2.20. The van der Waals surface area contributed by atoms with Gasteiger partial charge in [-0.1, -0.05) is 26.2 Å². The molecule has 3 nitrogen and oxygen atoms in total. The zero-order valence-electron chi connectivity index (χ0n) is 12.1. The Labute approximate surface area is 124 Å². The second kappa shape index (κ2) is 6.84. The minimum atomic E-state index is -3.25. The van der Waals surface area contributed by atoms with Gasteiger partial charge in [0.15, 0.2) is 9.84 Å². The lowest BCUT2D eigenvalue weighted by molar-refractivity contribution is 0.599. The summed E-state index contributed by atoms with van der Waals surface area (Å²) in [5, 5.41) is 0. The van der Waals surface area contributed by atoms with Crippen LogP contribution in [0.3, 0.4) is 0 Å². The Kier molecular flexibility index (Phi) is 5.99. The summed E-state index contributed by atoms with van der Waals surface area (Å²) in [5.74, 6) is 0. The summed E-state index contributed by atoms with van der Waals surface area (Å²) in [6.07, 6.45) is 6.83. The number of aryl methyl sites for hydroxylation is 1. The smallest absolute Gasteiger partial charge is 0.178 e. The average molecular weight is 348 g/mol. The van der Waals surface area contributed by atoms with Crippen LogP contribution in [0.5, 0.6) is 0 Å². The van der Waals surface area contributed by atoms with Gasteiger partial charge in [-0.2, -0.15) is 0 Å². The Balaban J connectivity index is 3.12. The first kappa shape index (κ1) is 16.6. The fourth-order valence-electron chi connectivity index (χ4n) is 2.36. The number of sulfone groups is 1. The maximum absolute atomic E-state index is 11.8. The number of halogens is 1. The number of hydrogen-bond acceptors (Lipinski definition) is 3. The van der Waals surface area contributed by atoms with Gasteiger partial charge < -0.3 is 0 Å². The molecule has 1 heterocycles. The molecule has 0 spiro atoms. The first-order valence-corrected chi connectivity index (χ1v) is 9.33. The molecule has 0 N–H and O–H groups in total. The van der Waals surface area contributed by atoms with E-state index in [0.29, 0.717) is 9.50 Å². The van der Waals surface area contributed by atoms with E-state index in [1.807, 2.05) is 13.8 Å². The molecule has 0 unspecified atom stereocenters. The summed E-state index contributed by atoms with van der Waals surface area (Å²) in [5.41, 5.74) is 2.85. The molecule has 1 aromatic rings. The Morgan fingerprint density at radius 1 is 1.16 bits per heavy atom. The van der Waals surface area contributed by atoms with Gasteiger partial charge in [0.1, 0.15) is 9.50 Å². The van der Waals surface area contributed by atoms with E-state index in [2.05, 4.69) is 27.8 Å². The van der Waals surface area contributed by atoms with Crippen molar-refractivity contribution in [3.63, 3.8) is 0 Å². The Morgan fingerprint density at radius 3 is 2.32 bits per heavy atom. The molecular formula is C14H22BrNO2S. The number of aromatic nitrogens is 1. The first-order valence-electron chi connectivity index (χ1n) is 6.64. The van der Waals surface area contributed by atoms with E-state index in [4.69, 9.17) is 0 Å². The highest BCUT2D eigenvalue weighted by Crippen LogP contribution is 2.29. The minimum absolute atomic E-state index is 0.337. The van der Waals surface area contributed by atoms with Crippen LogP contribution in [0.2, 0.25) is 0 Å². The van der Waals surface area contributed by atoms with Gasteiger partial charge in [0.25, 0.3) is 0 Å². The number of hydrogen-bond donors (Lipinski definition) is 0. The van der Waals surface area contributed by atoms with Crippen LogP contribution < -0.4 is 0 Å². The topological polar surface area (TPSA) is 47.0 Å². The summed E-state index contributed by atoms with van der Waals surface area (Å²) in [6, 6.07) is 0. The monoisotopic (exact) mass is 347 g/mol. The van der Waals surface area contributed by atoms with E-state index in [0.717, 1.165) is 29.7 Å². The quantitative estimate of drug-likeness (QED) is 0.577. The molecular weight excluding hydrogens is 326 g/mol. The van der Waals surface area contributed by atoms with Crippen LogP contribution in [-0.4, -0.2) is 19.7 Å². The van der Waals surface area contributed by atoms with Crippen molar-refractivity contribution in [3.05, 3.63) is 21.4 Å². The molecule has 1 aromatic heterocycles. The predicted octanol–water partition coefficient (Wildman–Crippen LogP) is 3.99. The van der Waals surface area contributed by atoms with E-state index in [-0.39, 0.29) is 0 Å². The molecule has 19 heavy (non-hydrogen) atoms. The molecule has 0 saturated heterocycles. The molecule has 0 aliphatic rings. The molecule has 0 bridgehead atoms. The standard InChI is InChI=1S/C14H22BrNO2S/c1-5-6-7-8-9-12-10(2)13(19(4,17)18)14(15)16-11(12)3/h5-9H2,1-4H3. The average Bonchev–Trinajstić information content (AvgIpc) is 2.25. The van der Waals surface area contributed by atoms with Gasteiger partial charge in [0.2, 0.25) is 0 Å². The van der Waals surface area contributed by atoms with Gasteiger partial charge in [-0.25, -0.2) is 13.4 Å². The zero-order chi connectivity index (χ0) is 14.6. The Bertz CT molecular complexity index is 553. The number of pyridine rings is 1. The molecule has 0 radical (unpaired) electrons. The van der Waals surface area contributed by atoms with Gasteiger partial charge in [0.05, 0.1) is 0 Å². The maximum Gasteiger partial charge on any atom is 0.178 e. The van der Waals surface area contributed by atoms with Crippen LogP contribution in [0.25, 0.3) is 0 Å². The van der Waals surface area contributed by atoms with Crippen molar-refractivity contribution in [2.24, 2.45) is 0 Å². The highest BCUT2D eigenvalue weighted by molar-refractivity contribution is 9.10. The summed E-state index contributed by atoms with van der Waals surface area (Å²) in [6.45, 7) is 6.00. The fraction of sp³-hybridized carbons (Fsp3) is 0.643. The van der Waals surface area contributed by atoms with Crippen molar-refractivity contribution in [2.75, 3.05) is 6.26 Å². The Morgan fingerprint density at radius 2 is 1.79 bits per heavy atom. The number of nitrogens with zero attached hydrogens (tertiary/aromatic N) is 1. The van der Waals surface area contributed by atoms with Gasteiger partial charge in [-0.15, -0.1) is 0 Å². The molecule has 0 fully saturated rings. The van der Waals surface area contributed by atoms with Crippen LogP contribution in [0.1, 0.15) is 49.4 Å². The fourth-order valence-corrected chi connectivity index (χ4v) is 4.83. The van der Waals surface area contributed by atoms with Crippen molar-refractivity contribution in [1.29, 1.82) is 0 Å². The van der Waals surface area contributed by atoms with Crippen LogP contribution in [0, 0.1) is 13.8 Å². The molecule has 1 rings (SSSR count). The predicted molar refractivity (Wildman–Crippen MR) is 82.4 cm³/mol. The van der Waals surface area contributed by atoms with Crippen molar-refractivity contribution in [2.45, 2.75) is 57.8 Å². The summed E-state index contributed by atoms with van der Waals surface area (Å²) >= 11 is 3.27. The minimum Gasteiger partial charge on any atom is -0.245 e. The van der Waals surface area contributed by atoms with Gasteiger partial charge >= 0.3 is 0 Å². The van der Waals surface area contributed by atoms with E-state index in [1.54, 1.807) is 0 Å². The number of unbranched alkanes of at least 4 members (excludes halogenated alkanes) is 3. The Hall–Kier alpha value is -0.420. The summed E-state index contributed by atoms with van der Waals surface area (Å²) in [7, 11) is -3.25. The molecule has 0 aliphatic heterocycles. The molecule has 0 aliphatic carbocycles. The second-order valence-corrected chi connectivity index (χ2v) is 7.71. The zero-order valence-corrected chi connectivity index (χ0v) is 14.5. The van der Waals surface area contributed by atoms with E-state index >= 15 is 0 Å². The van der Waals surface area contributed by atoms with Crippen molar-refractivity contribution in [3.8, 4) is 0 Å². The molecule has 0 saturated carbocycles. The van der Waals surface area contributed by atoms with Gasteiger partial charge in [0, 0.05) is 11.9 Å². The van der Waals surface area contributed by atoms with Crippen LogP contribution in [0.15, 0.2) is 9.50 Å². The lowest BCUT2D eigenvalue weighted by Crippen LogP contribution is -2.08. The SMILES string of the molecule is CCCCCCc1c(C)nc(Br)c(S(C)(=O)=O)c1C. The van der Waals surface area contributed by atoms with Crippen LogP contribution in [-0.2, 0) is 16.3 Å². The second-order valence-electron chi connectivity index (χ2n) is 5.00. The normalized spacial score (nSPS) is 11.8. The van der Waals surface area contributed by atoms with Gasteiger partial charge in [-0.05, 0) is 53.7 Å². The lowest BCUT2D eigenvalue weighted by Gasteiger charge is -2.14. The van der Waals surface area contributed by atoms with Crippen molar-refractivity contribution < 1.29 is 8.42 Å². The highest BCUT2D eigenvalue weighted by atomic mass is 79.9. The maximum atomic E-state index is 11.8. The largest absolute Gasteiger partial charge is 0.245 e.